The lowest BCUT2D eigenvalue weighted by Gasteiger charge is -2.05. The van der Waals surface area contributed by atoms with Crippen molar-refractivity contribution in [1.82, 2.24) is 0 Å². The van der Waals surface area contributed by atoms with Crippen LogP contribution in [0.1, 0.15) is 0 Å². The average molecular weight is 333 g/mol. The molecule has 0 aliphatic carbocycles. The van der Waals surface area contributed by atoms with Crippen LogP contribution in [0.2, 0.25) is 0 Å². The Morgan fingerprint density at radius 3 is 2.40 bits per heavy atom. The molecule has 100 valence electrons. The topological polar surface area (TPSA) is 70.7 Å². The minimum absolute atomic E-state index is 0.0184. The second-order valence-corrected chi connectivity index (χ2v) is 5.18. The molecule has 5 heteroatoms. The van der Waals surface area contributed by atoms with Gasteiger partial charge in [0.1, 0.15) is 23.3 Å². The van der Waals surface area contributed by atoms with Crippen molar-refractivity contribution >= 4 is 26.9 Å². The number of phenolic OH excluding ortho intramolecular Hbond substituents is 2. The molecule has 3 aromatic rings. The first-order chi connectivity index (χ1) is 9.56. The van der Waals surface area contributed by atoms with Gasteiger partial charge in [-0.05, 0) is 39.7 Å². The second kappa shape index (κ2) is 4.68. The monoisotopic (exact) mass is 332 g/mol. The fourth-order valence-electron chi connectivity index (χ4n) is 2.03. The summed E-state index contributed by atoms with van der Waals surface area (Å²) >= 11 is 3.26. The molecule has 0 saturated heterocycles. The lowest BCUT2D eigenvalue weighted by atomic mass is 10.1. The molecule has 0 saturated carbocycles. The van der Waals surface area contributed by atoms with E-state index in [1.165, 1.54) is 30.5 Å². The highest BCUT2D eigenvalue weighted by Crippen LogP contribution is 2.29. The van der Waals surface area contributed by atoms with Crippen LogP contribution in [0.25, 0.3) is 22.1 Å². The molecular formula is C15H9BrO4. The molecular weight excluding hydrogens is 324 g/mol. The third-order valence-electron chi connectivity index (χ3n) is 2.99. The van der Waals surface area contributed by atoms with E-state index in [0.717, 1.165) is 0 Å². The van der Waals surface area contributed by atoms with E-state index < -0.39 is 0 Å². The number of aromatic hydroxyl groups is 2. The van der Waals surface area contributed by atoms with Gasteiger partial charge in [-0.25, -0.2) is 0 Å². The zero-order valence-corrected chi connectivity index (χ0v) is 11.7. The summed E-state index contributed by atoms with van der Waals surface area (Å²) in [4.78, 5) is 12.5. The molecule has 0 atom stereocenters. The Kier molecular flexibility index (Phi) is 2.99. The quantitative estimate of drug-likeness (QED) is 0.713. The Labute approximate surface area is 122 Å². The van der Waals surface area contributed by atoms with Gasteiger partial charge in [0.05, 0.1) is 10.9 Å². The van der Waals surface area contributed by atoms with Crippen LogP contribution in [0.5, 0.6) is 11.5 Å². The number of rotatable bonds is 1. The van der Waals surface area contributed by atoms with Gasteiger partial charge < -0.3 is 14.6 Å². The molecule has 2 aromatic carbocycles. The van der Waals surface area contributed by atoms with Crippen LogP contribution in [-0.2, 0) is 0 Å². The van der Waals surface area contributed by atoms with E-state index in [2.05, 4.69) is 15.9 Å². The van der Waals surface area contributed by atoms with Crippen LogP contribution in [0.4, 0.5) is 0 Å². The molecule has 1 heterocycles. The highest BCUT2D eigenvalue weighted by molar-refractivity contribution is 9.10. The van der Waals surface area contributed by atoms with Gasteiger partial charge in [0.15, 0.2) is 0 Å². The Hall–Kier alpha value is -2.27. The lowest BCUT2D eigenvalue weighted by molar-refractivity contribution is 0.473. The van der Waals surface area contributed by atoms with Crippen LogP contribution in [0, 0.1) is 0 Å². The third-order valence-corrected chi connectivity index (χ3v) is 3.62. The standard InChI is InChI=1S/C15H9BrO4/c16-12-5-10(18)6-13-14(12)15(19)11(7-20-13)8-1-3-9(17)4-2-8/h1-7,17-18H. The molecule has 0 spiro atoms. The van der Waals surface area contributed by atoms with E-state index in [4.69, 9.17) is 4.42 Å². The van der Waals surface area contributed by atoms with E-state index in [-0.39, 0.29) is 16.9 Å². The van der Waals surface area contributed by atoms with Gasteiger partial charge in [0.2, 0.25) is 5.43 Å². The fourth-order valence-corrected chi connectivity index (χ4v) is 2.64. The van der Waals surface area contributed by atoms with Crippen molar-refractivity contribution < 1.29 is 14.6 Å². The predicted octanol–water partition coefficient (Wildman–Crippen LogP) is 3.63. The van der Waals surface area contributed by atoms with E-state index >= 15 is 0 Å². The molecule has 0 fully saturated rings. The van der Waals surface area contributed by atoms with E-state index in [1.54, 1.807) is 12.1 Å². The first-order valence-corrected chi connectivity index (χ1v) is 6.59. The van der Waals surface area contributed by atoms with Gasteiger partial charge in [0.25, 0.3) is 0 Å². The third kappa shape index (κ3) is 2.06. The highest BCUT2D eigenvalue weighted by Gasteiger charge is 2.12. The maximum atomic E-state index is 12.5. The van der Waals surface area contributed by atoms with Crippen molar-refractivity contribution in [3.05, 3.63) is 57.4 Å². The molecule has 0 radical (unpaired) electrons. The Bertz CT molecular complexity index is 850. The summed E-state index contributed by atoms with van der Waals surface area (Å²) in [6.07, 6.45) is 1.35. The summed E-state index contributed by atoms with van der Waals surface area (Å²) in [5, 5.41) is 19.2. The zero-order chi connectivity index (χ0) is 14.3. The summed E-state index contributed by atoms with van der Waals surface area (Å²) in [6.45, 7) is 0. The minimum atomic E-state index is -0.205. The number of halogens is 1. The van der Waals surface area contributed by atoms with Crippen molar-refractivity contribution in [2.75, 3.05) is 0 Å². The molecule has 0 aliphatic rings. The van der Waals surface area contributed by atoms with E-state index in [9.17, 15) is 15.0 Å². The molecule has 0 aliphatic heterocycles. The molecule has 3 rings (SSSR count). The first-order valence-electron chi connectivity index (χ1n) is 5.79. The first kappa shape index (κ1) is 12.7. The minimum Gasteiger partial charge on any atom is -0.508 e. The van der Waals surface area contributed by atoms with Gasteiger partial charge in [-0.2, -0.15) is 0 Å². The Morgan fingerprint density at radius 1 is 1.00 bits per heavy atom. The molecule has 4 nitrogen and oxygen atoms in total. The maximum Gasteiger partial charge on any atom is 0.201 e. The average Bonchev–Trinajstić information content (AvgIpc) is 2.39. The smallest absolute Gasteiger partial charge is 0.201 e. The molecule has 1 aromatic heterocycles. The van der Waals surface area contributed by atoms with Crippen LogP contribution >= 0.6 is 15.9 Å². The zero-order valence-electron chi connectivity index (χ0n) is 10.1. The molecule has 2 N–H and O–H groups in total. The summed E-state index contributed by atoms with van der Waals surface area (Å²) in [5.74, 6) is 0.148. The van der Waals surface area contributed by atoms with Crippen molar-refractivity contribution in [2.24, 2.45) is 0 Å². The van der Waals surface area contributed by atoms with Gasteiger partial charge >= 0.3 is 0 Å². The number of fused-ring (bicyclic) bond motifs is 1. The van der Waals surface area contributed by atoms with Crippen molar-refractivity contribution in [1.29, 1.82) is 0 Å². The van der Waals surface area contributed by atoms with E-state index in [0.29, 0.717) is 26.6 Å². The van der Waals surface area contributed by atoms with E-state index in [1.807, 2.05) is 0 Å². The second-order valence-electron chi connectivity index (χ2n) is 4.33. The summed E-state index contributed by atoms with van der Waals surface area (Å²) in [6, 6.07) is 9.13. The van der Waals surface area contributed by atoms with Gasteiger partial charge in [-0.3, -0.25) is 4.79 Å². The Balaban J connectivity index is 2.31. The van der Waals surface area contributed by atoms with Gasteiger partial charge in [-0.1, -0.05) is 12.1 Å². The Morgan fingerprint density at radius 2 is 1.70 bits per heavy atom. The summed E-state index contributed by atoms with van der Waals surface area (Å²) in [5.41, 5.74) is 1.15. The number of benzene rings is 2. The lowest BCUT2D eigenvalue weighted by Crippen LogP contribution is -2.05. The molecule has 0 unspecified atom stereocenters. The van der Waals surface area contributed by atoms with Crippen LogP contribution in [0.3, 0.4) is 0 Å². The van der Waals surface area contributed by atoms with Crippen molar-refractivity contribution in [3.8, 4) is 22.6 Å². The largest absolute Gasteiger partial charge is 0.508 e. The maximum absolute atomic E-state index is 12.5. The summed E-state index contributed by atoms with van der Waals surface area (Å²) < 4.78 is 5.89. The van der Waals surface area contributed by atoms with Gasteiger partial charge in [-0.15, -0.1) is 0 Å². The van der Waals surface area contributed by atoms with Crippen LogP contribution < -0.4 is 5.43 Å². The highest BCUT2D eigenvalue weighted by atomic mass is 79.9. The molecule has 0 amide bonds. The number of hydrogen-bond acceptors (Lipinski definition) is 4. The van der Waals surface area contributed by atoms with Gasteiger partial charge in [0, 0.05) is 10.5 Å². The molecule has 0 bridgehead atoms. The SMILES string of the molecule is O=c1c(-c2ccc(O)cc2)coc2cc(O)cc(Br)c12. The van der Waals surface area contributed by atoms with Crippen LogP contribution in [-0.4, -0.2) is 10.2 Å². The van der Waals surface area contributed by atoms with Crippen LogP contribution in [0.15, 0.2) is 56.3 Å². The number of phenols is 2. The fraction of sp³-hybridized carbons (Fsp3) is 0. The normalized spacial score (nSPS) is 10.8. The van der Waals surface area contributed by atoms with Crippen molar-refractivity contribution in [3.63, 3.8) is 0 Å². The number of hydrogen-bond donors (Lipinski definition) is 2. The molecule has 20 heavy (non-hydrogen) atoms. The summed E-state index contributed by atoms with van der Waals surface area (Å²) in [7, 11) is 0. The predicted molar refractivity (Wildman–Crippen MR) is 78.9 cm³/mol. The van der Waals surface area contributed by atoms with Crippen molar-refractivity contribution in [2.45, 2.75) is 0 Å².